The van der Waals surface area contributed by atoms with E-state index < -0.39 is 0 Å². The highest BCUT2D eigenvalue weighted by Gasteiger charge is 1.91. The van der Waals surface area contributed by atoms with Crippen molar-refractivity contribution in [1.82, 2.24) is 0 Å². The summed E-state index contributed by atoms with van der Waals surface area (Å²) in [7, 11) is 0. The average Bonchev–Trinajstić information content (AvgIpc) is 2.16. The third-order valence-corrected chi connectivity index (χ3v) is 2.19. The van der Waals surface area contributed by atoms with Gasteiger partial charge in [-0.05, 0) is 12.8 Å². The summed E-state index contributed by atoms with van der Waals surface area (Å²) in [6.45, 7) is 0.329. The minimum atomic E-state index is 0.329. The maximum Gasteiger partial charge on any atom is 0.198 e. The van der Waals surface area contributed by atoms with Crippen LogP contribution < -0.4 is 0 Å². The van der Waals surface area contributed by atoms with Crippen LogP contribution in [0.1, 0.15) is 57.8 Å². The van der Waals surface area contributed by atoms with Crippen LogP contribution in [0.3, 0.4) is 0 Å². The second kappa shape index (κ2) is 11.6. The lowest BCUT2D eigenvalue weighted by molar-refractivity contribution is 0.282. The van der Waals surface area contributed by atoms with Crippen molar-refractivity contribution in [2.24, 2.45) is 0 Å². The summed E-state index contributed by atoms with van der Waals surface area (Å²) in [4.78, 5) is 9.86. The Labute approximate surface area is 81.3 Å². The number of carbonyl (C=O) groups excluding carboxylic acids is 1. The zero-order valence-electron chi connectivity index (χ0n) is 8.43. The summed E-state index contributed by atoms with van der Waals surface area (Å²) in [5.41, 5.74) is 0. The van der Waals surface area contributed by atoms with Gasteiger partial charge in [0.25, 0.3) is 0 Å². The van der Waals surface area contributed by atoms with Crippen molar-refractivity contribution in [2.45, 2.75) is 57.8 Å². The first kappa shape index (κ1) is 12.6. The molecule has 0 heterocycles. The van der Waals surface area contributed by atoms with Gasteiger partial charge >= 0.3 is 0 Å². The Morgan fingerprint density at radius 2 is 1.23 bits per heavy atom. The van der Waals surface area contributed by atoms with Gasteiger partial charge in [0.2, 0.25) is 0 Å². The zero-order chi connectivity index (χ0) is 9.78. The van der Waals surface area contributed by atoms with E-state index in [9.17, 15) is 4.79 Å². The maximum atomic E-state index is 9.86. The summed E-state index contributed by atoms with van der Waals surface area (Å²) in [5, 5.41) is 8.53. The molecule has 0 bridgehead atoms. The smallest absolute Gasteiger partial charge is 0.198 e. The van der Waals surface area contributed by atoms with Gasteiger partial charge in [0.05, 0.1) is 0 Å². The van der Waals surface area contributed by atoms with E-state index in [0.29, 0.717) is 13.0 Å². The van der Waals surface area contributed by atoms with E-state index >= 15 is 0 Å². The SMILES string of the molecule is O=[C]CCCCCCCCCCO. The van der Waals surface area contributed by atoms with Gasteiger partial charge in [-0.15, -0.1) is 0 Å². The molecule has 0 saturated heterocycles. The molecule has 0 unspecified atom stereocenters. The van der Waals surface area contributed by atoms with E-state index in [2.05, 4.69) is 0 Å². The van der Waals surface area contributed by atoms with Gasteiger partial charge in [-0.1, -0.05) is 38.5 Å². The van der Waals surface area contributed by atoms with Crippen molar-refractivity contribution in [1.29, 1.82) is 0 Å². The molecule has 0 saturated carbocycles. The van der Waals surface area contributed by atoms with Crippen LogP contribution >= 0.6 is 0 Å². The van der Waals surface area contributed by atoms with E-state index in [1.54, 1.807) is 0 Å². The normalized spacial score (nSPS) is 10.2. The second-order valence-electron chi connectivity index (χ2n) is 3.45. The molecule has 0 aromatic heterocycles. The van der Waals surface area contributed by atoms with Gasteiger partial charge < -0.3 is 5.11 Å². The molecule has 0 aromatic carbocycles. The first-order valence-electron chi connectivity index (χ1n) is 5.37. The van der Waals surface area contributed by atoms with Gasteiger partial charge in [0.15, 0.2) is 6.29 Å². The molecule has 1 radical (unpaired) electrons. The minimum Gasteiger partial charge on any atom is -0.396 e. The van der Waals surface area contributed by atoms with E-state index in [-0.39, 0.29) is 0 Å². The second-order valence-corrected chi connectivity index (χ2v) is 3.45. The van der Waals surface area contributed by atoms with Crippen LogP contribution in [0.25, 0.3) is 0 Å². The Hall–Kier alpha value is -0.370. The summed E-state index contributed by atoms with van der Waals surface area (Å²) in [5.74, 6) is 0. The van der Waals surface area contributed by atoms with Crippen LogP contribution in [0.5, 0.6) is 0 Å². The maximum absolute atomic E-state index is 9.86. The third-order valence-electron chi connectivity index (χ3n) is 2.19. The third kappa shape index (κ3) is 11.6. The summed E-state index contributed by atoms with van der Waals surface area (Å²) in [6.07, 6.45) is 11.8. The van der Waals surface area contributed by atoms with Crippen molar-refractivity contribution in [2.75, 3.05) is 6.61 Å². The van der Waals surface area contributed by atoms with E-state index in [1.807, 2.05) is 6.29 Å². The number of aliphatic hydroxyl groups is 1. The van der Waals surface area contributed by atoms with Gasteiger partial charge in [-0.25, -0.2) is 0 Å². The van der Waals surface area contributed by atoms with Crippen LogP contribution in [-0.4, -0.2) is 18.0 Å². The number of aliphatic hydroxyl groups excluding tert-OH is 1. The molecule has 13 heavy (non-hydrogen) atoms. The van der Waals surface area contributed by atoms with Gasteiger partial charge in [-0.3, -0.25) is 4.79 Å². The fourth-order valence-electron chi connectivity index (χ4n) is 1.37. The molecule has 0 aliphatic heterocycles. The summed E-state index contributed by atoms with van der Waals surface area (Å²) >= 11 is 0. The number of hydrogen-bond acceptors (Lipinski definition) is 2. The lowest BCUT2D eigenvalue weighted by atomic mass is 10.1. The van der Waals surface area contributed by atoms with E-state index in [4.69, 9.17) is 5.11 Å². The molecule has 0 aromatic rings. The Morgan fingerprint density at radius 3 is 1.69 bits per heavy atom. The first-order valence-corrected chi connectivity index (χ1v) is 5.37. The van der Waals surface area contributed by atoms with Crippen molar-refractivity contribution in [3.8, 4) is 0 Å². The van der Waals surface area contributed by atoms with E-state index in [1.165, 1.54) is 25.7 Å². The summed E-state index contributed by atoms with van der Waals surface area (Å²) in [6, 6.07) is 0. The largest absolute Gasteiger partial charge is 0.396 e. The molecule has 1 N–H and O–H groups in total. The zero-order valence-corrected chi connectivity index (χ0v) is 8.43. The van der Waals surface area contributed by atoms with Crippen LogP contribution in [0.15, 0.2) is 0 Å². The van der Waals surface area contributed by atoms with Gasteiger partial charge in [0, 0.05) is 13.0 Å². The predicted molar refractivity (Wildman–Crippen MR) is 54.3 cm³/mol. The monoisotopic (exact) mass is 185 g/mol. The van der Waals surface area contributed by atoms with Crippen molar-refractivity contribution in [3.05, 3.63) is 0 Å². The fraction of sp³-hybridized carbons (Fsp3) is 0.909. The lowest BCUT2D eigenvalue weighted by Gasteiger charge is -1.99. The number of rotatable bonds is 10. The fourth-order valence-corrected chi connectivity index (χ4v) is 1.37. The predicted octanol–water partition coefficient (Wildman–Crippen LogP) is 2.60. The first-order chi connectivity index (χ1) is 6.41. The van der Waals surface area contributed by atoms with Gasteiger partial charge in [-0.2, -0.15) is 0 Å². The number of unbranched alkanes of at least 4 members (excludes halogenated alkanes) is 8. The highest BCUT2D eigenvalue weighted by molar-refractivity contribution is 5.50. The Balaban J connectivity index is 2.79. The highest BCUT2D eigenvalue weighted by atomic mass is 16.2. The van der Waals surface area contributed by atoms with Crippen molar-refractivity contribution in [3.63, 3.8) is 0 Å². The molecule has 0 spiro atoms. The molecule has 77 valence electrons. The standard InChI is InChI=1S/C11H21O2/c12-10-8-6-4-2-1-3-5-7-9-11-13/h12H,1-10H2. The van der Waals surface area contributed by atoms with Gasteiger partial charge in [0.1, 0.15) is 0 Å². The van der Waals surface area contributed by atoms with Crippen molar-refractivity contribution >= 4 is 6.29 Å². The molecule has 0 aliphatic rings. The molecule has 0 fully saturated rings. The van der Waals surface area contributed by atoms with Crippen LogP contribution in [-0.2, 0) is 4.79 Å². The van der Waals surface area contributed by atoms with E-state index in [0.717, 1.165) is 25.7 Å². The molecular formula is C11H21O2. The summed E-state index contributed by atoms with van der Waals surface area (Å²) < 4.78 is 0. The minimum absolute atomic E-state index is 0.329. The molecule has 2 heteroatoms. The van der Waals surface area contributed by atoms with Crippen LogP contribution in [0, 0.1) is 0 Å². The molecular weight excluding hydrogens is 164 g/mol. The lowest BCUT2D eigenvalue weighted by Crippen LogP contribution is -1.84. The quantitative estimate of drug-likeness (QED) is 0.531. The van der Waals surface area contributed by atoms with Crippen LogP contribution in [0.2, 0.25) is 0 Å². The molecule has 0 aliphatic carbocycles. The Morgan fingerprint density at radius 1 is 0.769 bits per heavy atom. The Kier molecular flexibility index (Phi) is 11.3. The van der Waals surface area contributed by atoms with Crippen LogP contribution in [0.4, 0.5) is 0 Å². The molecule has 2 nitrogen and oxygen atoms in total. The topological polar surface area (TPSA) is 37.3 Å². The van der Waals surface area contributed by atoms with Crippen molar-refractivity contribution < 1.29 is 9.90 Å². The number of hydrogen-bond donors (Lipinski definition) is 1. The Bertz CT molecular complexity index is 102. The molecule has 0 atom stereocenters. The molecule has 0 amide bonds. The highest BCUT2D eigenvalue weighted by Crippen LogP contribution is 2.08. The molecule has 0 rings (SSSR count). The average molecular weight is 185 g/mol.